The molecule has 7 nitrogen and oxygen atoms in total. The van der Waals surface area contributed by atoms with Crippen molar-refractivity contribution >= 4 is 45.0 Å². The first-order chi connectivity index (χ1) is 14.1. The second kappa shape index (κ2) is 8.22. The minimum atomic E-state index is -0.338. The second-order valence-electron chi connectivity index (χ2n) is 6.23. The summed E-state index contributed by atoms with van der Waals surface area (Å²) < 4.78 is 6.80. The van der Waals surface area contributed by atoms with E-state index in [9.17, 15) is 4.79 Å². The topological polar surface area (TPSA) is 95.9 Å². The lowest BCUT2D eigenvalue weighted by Crippen LogP contribution is -2.01. The first-order valence-corrected chi connectivity index (χ1v) is 10.8. The predicted octanol–water partition coefficient (Wildman–Crippen LogP) is 4.24. The summed E-state index contributed by atoms with van der Waals surface area (Å²) in [6, 6.07) is 11.2. The van der Waals surface area contributed by atoms with Crippen molar-refractivity contribution in [1.82, 2.24) is 19.7 Å². The average molecular weight is 426 g/mol. The summed E-state index contributed by atoms with van der Waals surface area (Å²) in [6.45, 7) is 2.79. The number of benzene rings is 1. The molecule has 0 bridgehead atoms. The third-order valence-corrected chi connectivity index (χ3v) is 6.65. The highest BCUT2D eigenvalue weighted by Gasteiger charge is 2.19. The monoisotopic (exact) mass is 425 g/mol. The van der Waals surface area contributed by atoms with Gasteiger partial charge in [-0.05, 0) is 36.8 Å². The summed E-state index contributed by atoms with van der Waals surface area (Å²) >= 11 is 3.12. The number of hydrogen-bond donors (Lipinski definition) is 1. The quantitative estimate of drug-likeness (QED) is 0.365. The predicted molar refractivity (Wildman–Crippen MR) is 116 cm³/mol. The van der Waals surface area contributed by atoms with Gasteiger partial charge in [-0.25, -0.2) is 9.78 Å². The molecule has 0 saturated heterocycles. The Bertz CT molecular complexity index is 1170. The number of carbonyl (C=O) groups is 1. The number of aromatic nitrogens is 4. The van der Waals surface area contributed by atoms with Crippen LogP contribution in [-0.4, -0.2) is 32.8 Å². The van der Waals surface area contributed by atoms with Crippen LogP contribution in [0.25, 0.3) is 20.9 Å². The summed E-state index contributed by atoms with van der Waals surface area (Å²) in [5.74, 6) is 1.13. The van der Waals surface area contributed by atoms with E-state index in [1.54, 1.807) is 30.1 Å². The van der Waals surface area contributed by atoms with Crippen molar-refractivity contribution in [2.75, 3.05) is 12.8 Å². The SMILES string of the molecule is CCn1c(SCc2ccc(C(=O)OC)cc2)nnc1-c1sc2ncccc2c1N. The third-order valence-electron chi connectivity index (χ3n) is 4.48. The Hall–Kier alpha value is -2.91. The minimum Gasteiger partial charge on any atom is -0.465 e. The number of carbonyl (C=O) groups excluding carboxylic acids is 1. The van der Waals surface area contributed by atoms with Crippen LogP contribution in [0.5, 0.6) is 0 Å². The number of pyridine rings is 1. The molecule has 29 heavy (non-hydrogen) atoms. The fourth-order valence-electron chi connectivity index (χ4n) is 2.97. The highest BCUT2D eigenvalue weighted by atomic mass is 32.2. The van der Waals surface area contributed by atoms with Crippen LogP contribution in [0.4, 0.5) is 5.69 Å². The van der Waals surface area contributed by atoms with Crippen LogP contribution in [0.15, 0.2) is 47.8 Å². The van der Waals surface area contributed by atoms with E-state index in [0.717, 1.165) is 38.2 Å². The van der Waals surface area contributed by atoms with Crippen molar-refractivity contribution in [2.24, 2.45) is 0 Å². The molecule has 0 saturated carbocycles. The van der Waals surface area contributed by atoms with Gasteiger partial charge in [0.1, 0.15) is 4.83 Å². The largest absolute Gasteiger partial charge is 0.465 e. The number of nitrogens with zero attached hydrogens (tertiary/aromatic N) is 4. The Labute approximate surface area is 175 Å². The maximum atomic E-state index is 11.6. The Morgan fingerprint density at radius 2 is 2.03 bits per heavy atom. The first-order valence-electron chi connectivity index (χ1n) is 8.99. The van der Waals surface area contributed by atoms with Crippen LogP contribution in [-0.2, 0) is 17.0 Å². The number of methoxy groups -OCH3 is 1. The number of hydrogen-bond acceptors (Lipinski definition) is 8. The van der Waals surface area contributed by atoms with Gasteiger partial charge in [0.25, 0.3) is 0 Å². The molecule has 0 atom stereocenters. The Morgan fingerprint density at radius 3 is 2.72 bits per heavy atom. The average Bonchev–Trinajstić information content (AvgIpc) is 3.32. The molecular formula is C20H19N5O2S2. The molecule has 3 heterocycles. The lowest BCUT2D eigenvalue weighted by atomic mass is 10.1. The van der Waals surface area contributed by atoms with E-state index in [1.165, 1.54) is 18.4 Å². The number of anilines is 1. The van der Waals surface area contributed by atoms with Crippen LogP contribution in [0, 0.1) is 0 Å². The second-order valence-corrected chi connectivity index (χ2v) is 8.17. The zero-order chi connectivity index (χ0) is 20.4. The van der Waals surface area contributed by atoms with Gasteiger partial charge in [-0.15, -0.1) is 21.5 Å². The molecule has 148 valence electrons. The molecule has 0 fully saturated rings. The normalized spacial score (nSPS) is 11.1. The van der Waals surface area contributed by atoms with E-state index in [1.807, 2.05) is 24.3 Å². The summed E-state index contributed by atoms with van der Waals surface area (Å²) in [6.07, 6.45) is 1.76. The summed E-state index contributed by atoms with van der Waals surface area (Å²) in [5, 5.41) is 10.6. The Morgan fingerprint density at radius 1 is 1.24 bits per heavy atom. The number of fused-ring (bicyclic) bond motifs is 1. The van der Waals surface area contributed by atoms with Crippen molar-refractivity contribution in [3.8, 4) is 10.7 Å². The molecule has 0 spiro atoms. The first kappa shape index (κ1) is 19.4. The van der Waals surface area contributed by atoms with Crippen molar-refractivity contribution in [1.29, 1.82) is 0 Å². The van der Waals surface area contributed by atoms with Crippen LogP contribution in [0.2, 0.25) is 0 Å². The summed E-state index contributed by atoms with van der Waals surface area (Å²) in [4.78, 5) is 17.7. The molecule has 3 aromatic heterocycles. The van der Waals surface area contributed by atoms with Crippen molar-refractivity contribution in [2.45, 2.75) is 24.4 Å². The Kier molecular flexibility index (Phi) is 5.50. The maximum absolute atomic E-state index is 11.6. The van der Waals surface area contributed by atoms with Gasteiger partial charge >= 0.3 is 5.97 Å². The zero-order valence-electron chi connectivity index (χ0n) is 16.0. The molecule has 0 unspecified atom stereocenters. The molecule has 4 rings (SSSR count). The number of nitrogens with two attached hydrogens (primary N) is 1. The minimum absolute atomic E-state index is 0.338. The van der Waals surface area contributed by atoms with Crippen LogP contribution in [0.1, 0.15) is 22.8 Å². The molecule has 0 aliphatic rings. The van der Waals surface area contributed by atoms with Crippen molar-refractivity contribution in [3.63, 3.8) is 0 Å². The maximum Gasteiger partial charge on any atom is 0.337 e. The van der Waals surface area contributed by atoms with Crippen LogP contribution >= 0.6 is 23.1 Å². The third kappa shape index (κ3) is 3.70. The number of esters is 1. The zero-order valence-corrected chi connectivity index (χ0v) is 17.6. The van der Waals surface area contributed by atoms with E-state index in [2.05, 4.69) is 26.7 Å². The lowest BCUT2D eigenvalue weighted by molar-refractivity contribution is 0.0600. The van der Waals surface area contributed by atoms with E-state index in [0.29, 0.717) is 17.0 Å². The number of thioether (sulfide) groups is 1. The highest BCUT2D eigenvalue weighted by molar-refractivity contribution is 7.98. The van der Waals surface area contributed by atoms with Gasteiger partial charge in [-0.2, -0.15) is 0 Å². The Balaban J connectivity index is 1.57. The molecule has 0 aliphatic carbocycles. The molecule has 0 radical (unpaired) electrons. The van der Waals surface area contributed by atoms with E-state index < -0.39 is 0 Å². The molecule has 9 heteroatoms. The van der Waals surface area contributed by atoms with E-state index in [4.69, 9.17) is 10.5 Å². The van der Waals surface area contributed by atoms with Gasteiger partial charge in [0.2, 0.25) is 0 Å². The molecular weight excluding hydrogens is 406 g/mol. The number of rotatable bonds is 6. The van der Waals surface area contributed by atoms with Crippen LogP contribution in [0.3, 0.4) is 0 Å². The van der Waals surface area contributed by atoms with E-state index >= 15 is 0 Å². The van der Waals surface area contributed by atoms with E-state index in [-0.39, 0.29) is 5.97 Å². The van der Waals surface area contributed by atoms with Gasteiger partial charge in [0, 0.05) is 23.9 Å². The summed E-state index contributed by atoms with van der Waals surface area (Å²) in [5.41, 5.74) is 8.67. The fraction of sp³-hybridized carbons (Fsp3) is 0.200. The van der Waals surface area contributed by atoms with Gasteiger partial charge in [-0.1, -0.05) is 23.9 Å². The smallest absolute Gasteiger partial charge is 0.337 e. The summed E-state index contributed by atoms with van der Waals surface area (Å²) in [7, 11) is 1.38. The highest BCUT2D eigenvalue weighted by Crippen LogP contribution is 2.39. The molecule has 0 aliphatic heterocycles. The lowest BCUT2D eigenvalue weighted by Gasteiger charge is -2.07. The molecule has 2 N–H and O–H groups in total. The van der Waals surface area contributed by atoms with Gasteiger partial charge < -0.3 is 15.0 Å². The molecule has 4 aromatic rings. The fourth-order valence-corrected chi connectivity index (χ4v) is 4.98. The molecule has 1 aromatic carbocycles. The van der Waals surface area contributed by atoms with Gasteiger partial charge in [0.05, 0.1) is 23.2 Å². The molecule has 0 amide bonds. The number of thiophene rings is 1. The van der Waals surface area contributed by atoms with Crippen molar-refractivity contribution < 1.29 is 9.53 Å². The number of nitrogen functional groups attached to an aromatic ring is 1. The number of ether oxygens (including phenoxy) is 1. The van der Waals surface area contributed by atoms with Gasteiger partial charge in [-0.3, -0.25) is 0 Å². The van der Waals surface area contributed by atoms with Crippen LogP contribution < -0.4 is 5.73 Å². The van der Waals surface area contributed by atoms with Crippen molar-refractivity contribution in [3.05, 3.63) is 53.7 Å². The van der Waals surface area contributed by atoms with Gasteiger partial charge in [0.15, 0.2) is 11.0 Å². The standard InChI is InChI=1S/C20H19N5O2S2/c1-3-25-17(16-15(21)14-5-4-10-22-18(14)29-16)23-24-20(25)28-11-12-6-8-13(9-7-12)19(26)27-2/h4-10H,3,11,21H2,1-2H3.